The molecule has 6 N–H and O–H groups in total. The van der Waals surface area contributed by atoms with Crippen molar-refractivity contribution >= 4 is 29.6 Å². The molecule has 8 nitrogen and oxygen atoms in total. The van der Waals surface area contributed by atoms with Crippen molar-refractivity contribution in [1.29, 1.82) is 0 Å². The van der Waals surface area contributed by atoms with Gasteiger partial charge in [-0.3, -0.25) is 14.5 Å². The van der Waals surface area contributed by atoms with E-state index in [1.807, 2.05) is 38.1 Å². The van der Waals surface area contributed by atoms with Crippen LogP contribution >= 0.6 is 11.6 Å². The van der Waals surface area contributed by atoms with E-state index in [9.17, 15) is 24.9 Å². The maximum atomic E-state index is 11.4. The minimum absolute atomic E-state index is 0.0603. The molecule has 196 valence electrons. The lowest BCUT2D eigenvalue weighted by molar-refractivity contribution is -0.117. The number of amides is 2. The third-order valence-electron chi connectivity index (χ3n) is 6.27. The molecule has 3 aromatic rings. The molecule has 0 saturated carbocycles. The quantitative estimate of drug-likeness (QED) is 0.180. The van der Waals surface area contributed by atoms with Crippen LogP contribution in [0.25, 0.3) is 0 Å². The van der Waals surface area contributed by atoms with Crippen molar-refractivity contribution in [3.63, 3.8) is 0 Å². The van der Waals surface area contributed by atoms with Gasteiger partial charge in [-0.15, -0.1) is 0 Å². The van der Waals surface area contributed by atoms with Gasteiger partial charge in [0.1, 0.15) is 11.5 Å². The lowest BCUT2D eigenvalue weighted by Gasteiger charge is -2.40. The van der Waals surface area contributed by atoms with Gasteiger partial charge >= 0.3 is 0 Å². The molecule has 3 aromatic carbocycles. The van der Waals surface area contributed by atoms with E-state index in [1.165, 1.54) is 18.2 Å². The highest BCUT2D eigenvalue weighted by atomic mass is 35.5. The van der Waals surface area contributed by atoms with Crippen LogP contribution in [0.5, 0.6) is 11.5 Å². The van der Waals surface area contributed by atoms with Crippen molar-refractivity contribution in [2.75, 3.05) is 11.9 Å². The predicted octanol–water partition coefficient (Wildman–Crippen LogP) is 3.90. The molecule has 0 radical (unpaired) electrons. The third kappa shape index (κ3) is 7.69. The van der Waals surface area contributed by atoms with Crippen LogP contribution in [0.1, 0.15) is 42.2 Å². The van der Waals surface area contributed by atoms with Crippen molar-refractivity contribution in [3.8, 4) is 11.5 Å². The van der Waals surface area contributed by atoms with Gasteiger partial charge in [-0.25, -0.2) is 0 Å². The Balaban J connectivity index is 1.92. The van der Waals surface area contributed by atoms with Gasteiger partial charge in [-0.05, 0) is 66.8 Å². The minimum Gasteiger partial charge on any atom is -0.508 e. The fraction of sp³-hybridized carbons (Fsp3) is 0.286. The molecule has 0 saturated heterocycles. The summed E-state index contributed by atoms with van der Waals surface area (Å²) in [6.07, 6.45) is 0.247. The SMILES string of the molecule is CC(C)(Cc1cccc(CC(N)=O)c1)N(Cc1ccc(O)cc1Cl)C[C@H](O)c1ccc(O)c(NC=O)c1. The Bertz CT molecular complexity index is 1260. The zero-order valence-corrected chi connectivity index (χ0v) is 21.6. The van der Waals surface area contributed by atoms with E-state index >= 15 is 0 Å². The molecule has 0 unspecified atom stereocenters. The van der Waals surface area contributed by atoms with Gasteiger partial charge in [-0.1, -0.05) is 48.0 Å². The summed E-state index contributed by atoms with van der Waals surface area (Å²) in [4.78, 5) is 24.4. The number of nitrogens with two attached hydrogens (primary N) is 1. The number of phenolic OH excluding ortho intramolecular Hbond substituents is 2. The van der Waals surface area contributed by atoms with Crippen molar-refractivity contribution in [2.45, 2.75) is 44.9 Å². The Morgan fingerprint density at radius 3 is 2.51 bits per heavy atom. The van der Waals surface area contributed by atoms with Gasteiger partial charge < -0.3 is 26.4 Å². The number of carbonyl (C=O) groups is 2. The molecule has 37 heavy (non-hydrogen) atoms. The normalized spacial score (nSPS) is 12.4. The van der Waals surface area contributed by atoms with Crippen molar-refractivity contribution in [1.82, 2.24) is 4.90 Å². The molecular formula is C28H32ClN3O5. The van der Waals surface area contributed by atoms with Crippen LogP contribution in [-0.4, -0.2) is 44.6 Å². The highest BCUT2D eigenvalue weighted by molar-refractivity contribution is 6.31. The summed E-state index contributed by atoms with van der Waals surface area (Å²) < 4.78 is 0. The van der Waals surface area contributed by atoms with E-state index < -0.39 is 17.6 Å². The van der Waals surface area contributed by atoms with Gasteiger partial charge in [0.25, 0.3) is 0 Å². The molecule has 9 heteroatoms. The number of β-amino-alcohol motifs (C(OH)–C–C–N with tert-alkyl or cyclic N) is 1. The molecule has 2 amide bonds. The van der Waals surface area contributed by atoms with E-state index in [4.69, 9.17) is 17.3 Å². The minimum atomic E-state index is -0.954. The molecule has 0 bridgehead atoms. The molecular weight excluding hydrogens is 494 g/mol. The third-order valence-corrected chi connectivity index (χ3v) is 6.63. The number of halogens is 1. The second-order valence-corrected chi connectivity index (χ2v) is 10.1. The zero-order chi connectivity index (χ0) is 27.2. The summed E-state index contributed by atoms with van der Waals surface area (Å²) >= 11 is 6.42. The molecule has 0 aliphatic heterocycles. The number of anilines is 1. The van der Waals surface area contributed by atoms with Crippen molar-refractivity contribution in [2.24, 2.45) is 5.73 Å². The van der Waals surface area contributed by atoms with Crippen LogP contribution in [0, 0.1) is 0 Å². The fourth-order valence-electron chi connectivity index (χ4n) is 4.31. The van der Waals surface area contributed by atoms with Crippen LogP contribution in [-0.2, 0) is 29.0 Å². The number of aliphatic hydroxyl groups excluding tert-OH is 1. The molecule has 0 spiro atoms. The van der Waals surface area contributed by atoms with Gasteiger partial charge in [0.15, 0.2) is 0 Å². The summed E-state index contributed by atoms with van der Waals surface area (Å²) in [5.41, 5.74) is 8.19. The highest BCUT2D eigenvalue weighted by Crippen LogP contribution is 2.32. The van der Waals surface area contributed by atoms with E-state index in [0.717, 1.165) is 16.7 Å². The highest BCUT2D eigenvalue weighted by Gasteiger charge is 2.30. The number of rotatable bonds is 12. The van der Waals surface area contributed by atoms with Gasteiger partial charge in [0.05, 0.1) is 18.2 Å². The Labute approximate surface area is 221 Å². The Hall–Kier alpha value is -3.59. The number of nitrogens with one attached hydrogen (secondary N) is 1. The van der Waals surface area contributed by atoms with Crippen molar-refractivity contribution in [3.05, 3.63) is 87.9 Å². The second kappa shape index (κ2) is 12.1. The first-order valence-electron chi connectivity index (χ1n) is 11.8. The van der Waals surface area contributed by atoms with E-state index in [0.29, 0.717) is 30.0 Å². The Morgan fingerprint density at radius 1 is 1.11 bits per heavy atom. The standard InChI is InChI=1S/C28H32ClN3O5/c1-28(2,14-19-5-3-4-18(10-19)11-27(30)37)32(15-21-6-8-22(34)13-23(21)29)16-26(36)20-7-9-25(35)24(12-20)31-17-33/h3-10,12-13,17,26,34-36H,11,14-16H2,1-2H3,(H2,30,37)(H,31,33)/t26-/m0/s1. The van der Waals surface area contributed by atoms with Crippen LogP contribution in [0.15, 0.2) is 60.7 Å². The molecule has 0 aromatic heterocycles. The molecule has 1 atom stereocenters. The van der Waals surface area contributed by atoms with Crippen LogP contribution in [0.3, 0.4) is 0 Å². The first kappa shape index (κ1) is 28.0. The molecule has 0 heterocycles. The van der Waals surface area contributed by atoms with Gasteiger partial charge in [0, 0.05) is 23.7 Å². The lowest BCUT2D eigenvalue weighted by atomic mass is 9.90. The van der Waals surface area contributed by atoms with Crippen LogP contribution < -0.4 is 11.1 Å². The number of aromatic hydroxyl groups is 2. The van der Waals surface area contributed by atoms with E-state index in [2.05, 4.69) is 10.2 Å². The average Bonchev–Trinajstić information content (AvgIpc) is 2.81. The predicted molar refractivity (Wildman–Crippen MR) is 143 cm³/mol. The molecule has 0 fully saturated rings. The summed E-state index contributed by atoms with van der Waals surface area (Å²) in [5.74, 6) is -0.447. The van der Waals surface area contributed by atoms with Crippen LogP contribution in [0.4, 0.5) is 5.69 Å². The average molecular weight is 526 g/mol. The lowest BCUT2D eigenvalue weighted by Crippen LogP contribution is -2.47. The number of aliphatic hydroxyl groups is 1. The van der Waals surface area contributed by atoms with Crippen LogP contribution in [0.2, 0.25) is 5.02 Å². The summed E-state index contributed by atoms with van der Waals surface area (Å²) in [6, 6.07) is 17.0. The maximum Gasteiger partial charge on any atom is 0.221 e. The van der Waals surface area contributed by atoms with Gasteiger partial charge in [0.2, 0.25) is 12.3 Å². The number of phenols is 2. The van der Waals surface area contributed by atoms with Gasteiger partial charge in [-0.2, -0.15) is 0 Å². The topological polar surface area (TPSA) is 136 Å². The number of hydrogen-bond acceptors (Lipinski definition) is 6. The summed E-state index contributed by atoms with van der Waals surface area (Å²) in [6.45, 7) is 4.67. The van der Waals surface area contributed by atoms with E-state index in [1.54, 1.807) is 18.2 Å². The fourth-order valence-corrected chi connectivity index (χ4v) is 4.55. The molecule has 0 aliphatic rings. The monoisotopic (exact) mass is 525 g/mol. The number of benzene rings is 3. The van der Waals surface area contributed by atoms with E-state index in [-0.39, 0.29) is 30.2 Å². The summed E-state index contributed by atoms with van der Waals surface area (Å²) in [5, 5.41) is 33.8. The smallest absolute Gasteiger partial charge is 0.221 e. The number of nitrogens with zero attached hydrogens (tertiary/aromatic N) is 1. The number of carbonyl (C=O) groups excluding carboxylic acids is 2. The number of primary amides is 1. The Morgan fingerprint density at radius 2 is 1.84 bits per heavy atom. The second-order valence-electron chi connectivity index (χ2n) is 9.66. The number of hydrogen-bond donors (Lipinski definition) is 5. The largest absolute Gasteiger partial charge is 0.508 e. The molecule has 3 rings (SSSR count). The Kier molecular flexibility index (Phi) is 9.15. The molecule has 0 aliphatic carbocycles. The first-order valence-corrected chi connectivity index (χ1v) is 12.2. The zero-order valence-electron chi connectivity index (χ0n) is 20.8. The summed E-state index contributed by atoms with van der Waals surface area (Å²) in [7, 11) is 0. The maximum absolute atomic E-state index is 11.4. The van der Waals surface area contributed by atoms with Crippen molar-refractivity contribution < 1.29 is 24.9 Å². The first-order chi connectivity index (χ1) is 17.5.